The maximum atomic E-state index is 12.2. The SMILES string of the molecule is Cc1cccc(C(=O)NC(=S)NNC(=O)c2ccc(NC(=O)C3CC3)cc2)c1. The molecule has 1 aliphatic rings. The summed E-state index contributed by atoms with van der Waals surface area (Å²) < 4.78 is 0. The third kappa shape index (κ3) is 5.37. The largest absolute Gasteiger partial charge is 0.326 e. The zero-order chi connectivity index (χ0) is 20.1. The van der Waals surface area contributed by atoms with Crippen molar-refractivity contribution in [1.82, 2.24) is 16.2 Å². The summed E-state index contributed by atoms with van der Waals surface area (Å²) in [6.07, 6.45) is 1.86. The minimum Gasteiger partial charge on any atom is -0.326 e. The van der Waals surface area contributed by atoms with Crippen LogP contribution in [0.1, 0.15) is 39.1 Å². The van der Waals surface area contributed by atoms with Crippen LogP contribution in [0.3, 0.4) is 0 Å². The summed E-state index contributed by atoms with van der Waals surface area (Å²) >= 11 is 5.02. The van der Waals surface area contributed by atoms with Crippen molar-refractivity contribution in [3.05, 3.63) is 65.2 Å². The minimum atomic E-state index is -0.424. The van der Waals surface area contributed by atoms with Gasteiger partial charge in [-0.05, 0) is 68.4 Å². The van der Waals surface area contributed by atoms with Gasteiger partial charge < -0.3 is 5.32 Å². The third-order valence-electron chi connectivity index (χ3n) is 4.16. The summed E-state index contributed by atoms with van der Waals surface area (Å²) in [7, 11) is 0. The average molecular weight is 396 g/mol. The molecule has 0 aromatic heterocycles. The van der Waals surface area contributed by atoms with Crippen LogP contribution in [0.5, 0.6) is 0 Å². The zero-order valence-electron chi connectivity index (χ0n) is 15.2. The quantitative estimate of drug-likeness (QED) is 0.469. The Labute approximate surface area is 167 Å². The standard InChI is InChI=1S/C20H20N4O3S/c1-12-3-2-4-15(11-12)18(26)22-20(28)24-23-19(27)14-7-9-16(10-8-14)21-17(25)13-5-6-13/h2-4,7-11,13H,5-6H2,1H3,(H,21,25)(H,23,27)(H2,22,24,26,28). The molecule has 0 heterocycles. The summed E-state index contributed by atoms with van der Waals surface area (Å²) in [5.41, 5.74) is 7.37. The Morgan fingerprint density at radius 2 is 1.64 bits per heavy atom. The van der Waals surface area contributed by atoms with Crippen molar-refractivity contribution in [3.8, 4) is 0 Å². The zero-order valence-corrected chi connectivity index (χ0v) is 16.1. The van der Waals surface area contributed by atoms with E-state index in [1.54, 1.807) is 42.5 Å². The Bertz CT molecular complexity index is 923. The Morgan fingerprint density at radius 1 is 0.929 bits per heavy atom. The number of anilines is 1. The summed E-state index contributed by atoms with van der Waals surface area (Å²) in [6, 6.07) is 13.6. The highest BCUT2D eigenvalue weighted by molar-refractivity contribution is 7.80. The van der Waals surface area contributed by atoms with Crippen LogP contribution in [0, 0.1) is 12.8 Å². The van der Waals surface area contributed by atoms with Gasteiger partial charge in [0.1, 0.15) is 0 Å². The molecule has 0 aliphatic heterocycles. The van der Waals surface area contributed by atoms with Gasteiger partial charge in [0.05, 0.1) is 0 Å². The second-order valence-corrected chi connectivity index (χ2v) is 6.98. The monoisotopic (exact) mass is 396 g/mol. The lowest BCUT2D eigenvalue weighted by atomic mass is 10.1. The van der Waals surface area contributed by atoms with Gasteiger partial charge >= 0.3 is 0 Å². The molecule has 4 N–H and O–H groups in total. The molecule has 144 valence electrons. The molecule has 8 heteroatoms. The van der Waals surface area contributed by atoms with Crippen LogP contribution in [0.2, 0.25) is 0 Å². The van der Waals surface area contributed by atoms with Crippen LogP contribution in [0.15, 0.2) is 48.5 Å². The Kier molecular flexibility index (Phi) is 6.00. The van der Waals surface area contributed by atoms with E-state index in [0.717, 1.165) is 18.4 Å². The van der Waals surface area contributed by atoms with E-state index in [1.807, 2.05) is 13.0 Å². The van der Waals surface area contributed by atoms with Crippen molar-refractivity contribution < 1.29 is 14.4 Å². The lowest BCUT2D eigenvalue weighted by Gasteiger charge is -2.11. The van der Waals surface area contributed by atoms with E-state index in [2.05, 4.69) is 21.5 Å². The van der Waals surface area contributed by atoms with Crippen LogP contribution in [-0.4, -0.2) is 22.8 Å². The molecule has 0 spiro atoms. The molecule has 0 radical (unpaired) electrons. The Hall–Kier alpha value is -3.26. The molecule has 7 nitrogen and oxygen atoms in total. The van der Waals surface area contributed by atoms with E-state index >= 15 is 0 Å². The van der Waals surface area contributed by atoms with Crippen molar-refractivity contribution in [2.75, 3.05) is 5.32 Å². The fraction of sp³-hybridized carbons (Fsp3) is 0.200. The van der Waals surface area contributed by atoms with Gasteiger partial charge in [0, 0.05) is 22.7 Å². The number of aryl methyl sites for hydroxylation is 1. The molecule has 2 aromatic rings. The molecule has 0 atom stereocenters. The minimum absolute atomic E-state index is 0.00793. The van der Waals surface area contributed by atoms with E-state index in [1.165, 1.54) is 0 Å². The third-order valence-corrected chi connectivity index (χ3v) is 4.36. The first kappa shape index (κ1) is 19.5. The first-order valence-electron chi connectivity index (χ1n) is 8.81. The van der Waals surface area contributed by atoms with Crippen LogP contribution in [-0.2, 0) is 4.79 Å². The predicted octanol–water partition coefficient (Wildman–Crippen LogP) is 2.29. The van der Waals surface area contributed by atoms with Crippen LogP contribution in [0.25, 0.3) is 0 Å². The van der Waals surface area contributed by atoms with Gasteiger partial charge in [-0.25, -0.2) is 0 Å². The second-order valence-electron chi connectivity index (χ2n) is 6.57. The van der Waals surface area contributed by atoms with Gasteiger partial charge in [0.15, 0.2) is 5.11 Å². The molecule has 3 rings (SSSR count). The molecule has 3 amide bonds. The number of hydrazine groups is 1. The van der Waals surface area contributed by atoms with Crippen LogP contribution in [0.4, 0.5) is 5.69 Å². The maximum Gasteiger partial charge on any atom is 0.269 e. The highest BCUT2D eigenvalue weighted by Crippen LogP contribution is 2.30. The Balaban J connectivity index is 1.47. The van der Waals surface area contributed by atoms with Crippen molar-refractivity contribution in [1.29, 1.82) is 0 Å². The molecule has 0 bridgehead atoms. The highest BCUT2D eigenvalue weighted by Gasteiger charge is 2.29. The maximum absolute atomic E-state index is 12.2. The number of nitrogens with one attached hydrogen (secondary N) is 4. The van der Waals surface area contributed by atoms with Gasteiger partial charge in [-0.2, -0.15) is 0 Å². The molecule has 1 aliphatic carbocycles. The molecule has 2 aromatic carbocycles. The second kappa shape index (κ2) is 8.62. The molecule has 1 fully saturated rings. The van der Waals surface area contributed by atoms with Crippen molar-refractivity contribution in [2.45, 2.75) is 19.8 Å². The number of benzene rings is 2. The first-order valence-corrected chi connectivity index (χ1v) is 9.22. The number of carbonyl (C=O) groups excluding carboxylic acids is 3. The molecular weight excluding hydrogens is 376 g/mol. The lowest BCUT2D eigenvalue weighted by molar-refractivity contribution is -0.117. The van der Waals surface area contributed by atoms with Crippen molar-refractivity contribution >= 4 is 40.7 Å². The topological polar surface area (TPSA) is 99.3 Å². The summed E-state index contributed by atoms with van der Waals surface area (Å²) in [5, 5.41) is 5.28. The van der Waals surface area contributed by atoms with Gasteiger partial charge in [0.2, 0.25) is 5.91 Å². The van der Waals surface area contributed by atoms with E-state index < -0.39 is 5.91 Å². The normalized spacial score (nSPS) is 12.6. The smallest absolute Gasteiger partial charge is 0.269 e. The van der Waals surface area contributed by atoms with Crippen molar-refractivity contribution in [2.24, 2.45) is 5.92 Å². The number of hydrogen-bond acceptors (Lipinski definition) is 4. The van der Waals surface area contributed by atoms with Crippen molar-refractivity contribution in [3.63, 3.8) is 0 Å². The fourth-order valence-corrected chi connectivity index (χ4v) is 2.62. The number of thiocarbonyl (C=S) groups is 1. The number of rotatable bonds is 4. The Morgan fingerprint density at radius 3 is 2.29 bits per heavy atom. The van der Waals surface area contributed by atoms with E-state index in [0.29, 0.717) is 16.8 Å². The van der Waals surface area contributed by atoms with E-state index in [-0.39, 0.29) is 22.8 Å². The summed E-state index contributed by atoms with van der Waals surface area (Å²) in [4.78, 5) is 36.0. The summed E-state index contributed by atoms with van der Waals surface area (Å²) in [5.74, 6) is -0.671. The van der Waals surface area contributed by atoms with E-state index in [4.69, 9.17) is 12.2 Å². The fourth-order valence-electron chi connectivity index (χ4n) is 2.47. The molecular formula is C20H20N4O3S. The number of carbonyl (C=O) groups is 3. The van der Waals surface area contributed by atoms with Gasteiger partial charge in [-0.1, -0.05) is 17.7 Å². The van der Waals surface area contributed by atoms with Gasteiger partial charge in [-0.3, -0.25) is 30.6 Å². The summed E-state index contributed by atoms with van der Waals surface area (Å²) in [6.45, 7) is 1.89. The highest BCUT2D eigenvalue weighted by atomic mass is 32.1. The van der Waals surface area contributed by atoms with E-state index in [9.17, 15) is 14.4 Å². The lowest BCUT2D eigenvalue weighted by Crippen LogP contribution is -2.48. The van der Waals surface area contributed by atoms with Crippen LogP contribution < -0.4 is 21.5 Å². The van der Waals surface area contributed by atoms with Gasteiger partial charge in [0.25, 0.3) is 11.8 Å². The molecule has 1 saturated carbocycles. The average Bonchev–Trinajstić information content (AvgIpc) is 3.52. The number of amides is 3. The first-order chi connectivity index (χ1) is 13.4. The predicted molar refractivity (Wildman–Crippen MR) is 110 cm³/mol. The van der Waals surface area contributed by atoms with Gasteiger partial charge in [-0.15, -0.1) is 0 Å². The number of hydrogen-bond donors (Lipinski definition) is 4. The molecule has 28 heavy (non-hydrogen) atoms. The molecule has 0 unspecified atom stereocenters. The van der Waals surface area contributed by atoms with Crippen LogP contribution >= 0.6 is 12.2 Å². The molecule has 0 saturated heterocycles.